The lowest BCUT2D eigenvalue weighted by molar-refractivity contribution is 0.0696. The number of rotatable bonds is 8. The predicted molar refractivity (Wildman–Crippen MR) is 112 cm³/mol. The van der Waals surface area contributed by atoms with Crippen LogP contribution in [-0.2, 0) is 4.74 Å². The molecule has 2 aromatic carbocycles. The fraction of sp³-hybridized carbons (Fsp3) is 0.227. The predicted octanol–water partition coefficient (Wildman–Crippen LogP) is 3.46. The third kappa shape index (κ3) is 4.66. The highest BCUT2D eigenvalue weighted by atomic mass is 16.5. The summed E-state index contributed by atoms with van der Waals surface area (Å²) >= 11 is 0. The maximum absolute atomic E-state index is 12.7. The van der Waals surface area contributed by atoms with Crippen molar-refractivity contribution in [3.05, 3.63) is 71.0 Å². The molecule has 8 heteroatoms. The molecule has 1 heterocycles. The van der Waals surface area contributed by atoms with Gasteiger partial charge >= 0.3 is 5.97 Å². The maximum Gasteiger partial charge on any atom is 0.339 e. The van der Waals surface area contributed by atoms with Crippen molar-refractivity contribution in [1.29, 1.82) is 0 Å². The van der Waals surface area contributed by atoms with E-state index in [9.17, 15) is 9.59 Å². The van der Waals surface area contributed by atoms with E-state index in [0.717, 1.165) is 5.56 Å². The number of hydrogen-bond donors (Lipinski definition) is 2. The number of aromatic nitrogens is 2. The summed E-state index contributed by atoms with van der Waals surface area (Å²) in [5.74, 6) is -0.743. The molecule has 0 unspecified atom stereocenters. The topological polar surface area (TPSA) is 103 Å². The van der Waals surface area contributed by atoms with Crippen LogP contribution in [0, 0.1) is 13.8 Å². The summed E-state index contributed by atoms with van der Waals surface area (Å²) in [4.78, 5) is 23.9. The molecule has 156 valence electrons. The molecule has 0 aliphatic carbocycles. The summed E-state index contributed by atoms with van der Waals surface area (Å²) in [5, 5.41) is 16.1. The summed E-state index contributed by atoms with van der Waals surface area (Å²) in [6.45, 7) is 4.44. The van der Waals surface area contributed by atoms with Crippen molar-refractivity contribution in [3.8, 4) is 11.4 Å². The van der Waals surface area contributed by atoms with Crippen LogP contribution in [0.2, 0.25) is 0 Å². The second-order valence-electron chi connectivity index (χ2n) is 6.70. The Morgan fingerprint density at radius 3 is 2.47 bits per heavy atom. The van der Waals surface area contributed by atoms with E-state index in [0.29, 0.717) is 41.6 Å². The third-order valence-electron chi connectivity index (χ3n) is 4.54. The first-order valence-corrected chi connectivity index (χ1v) is 9.33. The fourth-order valence-electron chi connectivity index (χ4n) is 2.92. The maximum atomic E-state index is 12.7. The van der Waals surface area contributed by atoms with E-state index in [1.165, 1.54) is 10.9 Å². The van der Waals surface area contributed by atoms with E-state index in [-0.39, 0.29) is 11.5 Å². The number of aryl methyl sites for hydroxylation is 1. The molecule has 30 heavy (non-hydrogen) atoms. The van der Waals surface area contributed by atoms with Crippen LogP contribution in [0.5, 0.6) is 5.75 Å². The summed E-state index contributed by atoms with van der Waals surface area (Å²) in [7, 11) is 1.60. The smallest absolute Gasteiger partial charge is 0.339 e. The van der Waals surface area contributed by atoms with Gasteiger partial charge in [0.1, 0.15) is 17.9 Å². The van der Waals surface area contributed by atoms with Gasteiger partial charge in [-0.2, -0.15) is 5.10 Å². The molecule has 0 fully saturated rings. The number of hydrogen-bond acceptors (Lipinski definition) is 5. The van der Waals surface area contributed by atoms with Gasteiger partial charge < -0.3 is 19.9 Å². The zero-order valence-corrected chi connectivity index (χ0v) is 17.0. The Morgan fingerprint density at radius 2 is 1.83 bits per heavy atom. The van der Waals surface area contributed by atoms with Gasteiger partial charge in [0.15, 0.2) is 0 Å². The summed E-state index contributed by atoms with van der Waals surface area (Å²) in [5.41, 5.74) is 3.34. The van der Waals surface area contributed by atoms with Gasteiger partial charge in [-0.1, -0.05) is 6.07 Å². The van der Waals surface area contributed by atoms with Gasteiger partial charge in [-0.3, -0.25) is 4.79 Å². The number of carbonyl (C=O) groups excluding carboxylic acids is 1. The number of methoxy groups -OCH3 is 1. The molecule has 3 aromatic rings. The van der Waals surface area contributed by atoms with E-state index < -0.39 is 5.97 Å². The second-order valence-corrected chi connectivity index (χ2v) is 6.70. The van der Waals surface area contributed by atoms with E-state index in [1.54, 1.807) is 44.4 Å². The molecule has 2 N–H and O–H groups in total. The number of benzene rings is 2. The standard InChI is InChI=1S/C22H23N3O5/c1-14-4-9-19(20(12-14)30-11-10-29-3)24-21(26)16-5-7-17(8-6-16)25-15(2)18(13-23-25)22(27)28/h4-9,12-13H,10-11H2,1-3H3,(H,24,26)(H,27,28). The lowest BCUT2D eigenvalue weighted by atomic mass is 10.1. The molecular weight excluding hydrogens is 386 g/mol. The van der Waals surface area contributed by atoms with Crippen molar-refractivity contribution < 1.29 is 24.2 Å². The van der Waals surface area contributed by atoms with Crippen LogP contribution in [0.1, 0.15) is 32.0 Å². The molecule has 0 aliphatic heterocycles. The minimum absolute atomic E-state index is 0.136. The molecule has 0 atom stereocenters. The van der Waals surface area contributed by atoms with Crippen molar-refractivity contribution in [2.24, 2.45) is 0 Å². The minimum Gasteiger partial charge on any atom is -0.489 e. The summed E-state index contributed by atoms with van der Waals surface area (Å²) in [6, 6.07) is 12.3. The van der Waals surface area contributed by atoms with Gasteiger partial charge in [0.25, 0.3) is 5.91 Å². The van der Waals surface area contributed by atoms with Gasteiger partial charge in [0.05, 0.1) is 29.9 Å². The number of anilines is 1. The number of amides is 1. The SMILES string of the molecule is COCCOc1cc(C)ccc1NC(=O)c1ccc(-n2ncc(C(=O)O)c2C)cc1. The lowest BCUT2D eigenvalue weighted by Crippen LogP contribution is -2.14. The van der Waals surface area contributed by atoms with Crippen LogP contribution in [-0.4, -0.2) is 47.1 Å². The molecule has 1 amide bonds. The summed E-state index contributed by atoms with van der Waals surface area (Å²) < 4.78 is 12.2. The van der Waals surface area contributed by atoms with Crippen molar-refractivity contribution in [2.45, 2.75) is 13.8 Å². The highest BCUT2D eigenvalue weighted by Gasteiger charge is 2.15. The molecule has 8 nitrogen and oxygen atoms in total. The highest BCUT2D eigenvalue weighted by molar-refractivity contribution is 6.05. The van der Waals surface area contributed by atoms with Crippen molar-refractivity contribution in [2.75, 3.05) is 25.6 Å². The first-order valence-electron chi connectivity index (χ1n) is 9.33. The van der Waals surface area contributed by atoms with E-state index >= 15 is 0 Å². The number of aromatic carboxylic acids is 1. The van der Waals surface area contributed by atoms with Gasteiger partial charge in [-0.25, -0.2) is 9.48 Å². The van der Waals surface area contributed by atoms with E-state index in [4.69, 9.17) is 14.6 Å². The Hall–Kier alpha value is -3.65. The average Bonchev–Trinajstić information content (AvgIpc) is 3.12. The summed E-state index contributed by atoms with van der Waals surface area (Å²) in [6.07, 6.45) is 1.31. The zero-order chi connectivity index (χ0) is 21.7. The Balaban J connectivity index is 1.76. The molecule has 0 saturated heterocycles. The van der Waals surface area contributed by atoms with Crippen LogP contribution in [0.3, 0.4) is 0 Å². The van der Waals surface area contributed by atoms with Crippen LogP contribution in [0.25, 0.3) is 5.69 Å². The lowest BCUT2D eigenvalue weighted by Gasteiger charge is -2.13. The number of ether oxygens (including phenoxy) is 2. The first kappa shape index (κ1) is 21.1. The second kappa shape index (κ2) is 9.23. The molecular formula is C22H23N3O5. The molecule has 0 spiro atoms. The minimum atomic E-state index is -1.03. The molecule has 3 rings (SSSR count). The monoisotopic (exact) mass is 409 g/mol. The quantitative estimate of drug-likeness (QED) is 0.553. The van der Waals surface area contributed by atoms with E-state index in [1.807, 2.05) is 19.1 Å². The molecule has 0 saturated carbocycles. The fourth-order valence-corrected chi connectivity index (χ4v) is 2.92. The Morgan fingerprint density at radius 1 is 1.10 bits per heavy atom. The molecule has 0 aliphatic rings. The Labute approximate surface area is 174 Å². The van der Waals surface area contributed by atoms with Crippen molar-refractivity contribution >= 4 is 17.6 Å². The molecule has 0 bridgehead atoms. The van der Waals surface area contributed by atoms with Crippen LogP contribution >= 0.6 is 0 Å². The number of nitrogens with zero attached hydrogens (tertiary/aromatic N) is 2. The first-order chi connectivity index (χ1) is 14.4. The third-order valence-corrected chi connectivity index (χ3v) is 4.54. The average molecular weight is 409 g/mol. The van der Waals surface area contributed by atoms with Gasteiger partial charge in [-0.15, -0.1) is 0 Å². The zero-order valence-electron chi connectivity index (χ0n) is 17.0. The van der Waals surface area contributed by atoms with Gasteiger partial charge in [-0.05, 0) is 55.8 Å². The normalized spacial score (nSPS) is 10.6. The largest absolute Gasteiger partial charge is 0.489 e. The highest BCUT2D eigenvalue weighted by Crippen LogP contribution is 2.26. The number of nitrogens with one attached hydrogen (secondary N) is 1. The van der Waals surface area contributed by atoms with Gasteiger partial charge in [0.2, 0.25) is 0 Å². The number of carboxylic acids is 1. The molecule has 1 aromatic heterocycles. The molecule has 0 radical (unpaired) electrons. The Kier molecular flexibility index (Phi) is 6.48. The van der Waals surface area contributed by atoms with Crippen molar-refractivity contribution in [3.63, 3.8) is 0 Å². The van der Waals surface area contributed by atoms with Crippen molar-refractivity contribution in [1.82, 2.24) is 9.78 Å². The Bertz CT molecular complexity index is 1060. The van der Waals surface area contributed by atoms with Crippen LogP contribution in [0.4, 0.5) is 5.69 Å². The van der Waals surface area contributed by atoms with E-state index in [2.05, 4.69) is 10.4 Å². The van der Waals surface area contributed by atoms with Crippen LogP contribution < -0.4 is 10.1 Å². The number of carboxylic acid groups (broad SMARTS) is 1. The number of carbonyl (C=O) groups is 2. The van der Waals surface area contributed by atoms with Gasteiger partial charge in [0, 0.05) is 12.7 Å². The van der Waals surface area contributed by atoms with Crippen LogP contribution in [0.15, 0.2) is 48.7 Å².